The number of rotatable bonds is 10. The van der Waals surface area contributed by atoms with Gasteiger partial charge in [-0.25, -0.2) is 9.79 Å². The fourth-order valence-corrected chi connectivity index (χ4v) is 5.91. The number of benzene rings is 3. The Morgan fingerprint density at radius 3 is 2.45 bits per heavy atom. The molecule has 0 amide bonds. The Morgan fingerprint density at radius 2 is 1.71 bits per heavy atom. The third-order valence-electron chi connectivity index (χ3n) is 6.75. The van der Waals surface area contributed by atoms with E-state index in [0.717, 1.165) is 11.1 Å². The van der Waals surface area contributed by atoms with Crippen molar-refractivity contribution in [2.75, 3.05) is 20.3 Å². The second-order valence-corrected chi connectivity index (χ2v) is 10.5. The number of para-hydroxylation sites is 1. The van der Waals surface area contributed by atoms with Crippen LogP contribution in [0.4, 0.5) is 0 Å². The lowest BCUT2D eigenvalue weighted by Crippen LogP contribution is -2.40. The van der Waals surface area contributed by atoms with E-state index in [2.05, 4.69) is 4.99 Å². The number of thiazole rings is 1. The molecule has 0 saturated heterocycles. The lowest BCUT2D eigenvalue weighted by atomic mass is 9.95. The number of hydrogen-bond acceptors (Lipinski definition) is 8. The van der Waals surface area contributed by atoms with Gasteiger partial charge in [0.05, 0.1) is 36.1 Å². The second kappa shape index (κ2) is 12.9. The molecule has 4 aromatic rings. The van der Waals surface area contributed by atoms with Crippen molar-refractivity contribution >= 4 is 23.4 Å². The first kappa shape index (κ1) is 28.9. The number of fused-ring (bicyclic) bond motifs is 1. The van der Waals surface area contributed by atoms with E-state index in [-0.39, 0.29) is 12.2 Å². The number of nitrogens with zero attached hydrogens (tertiary/aromatic N) is 2. The molecule has 8 nitrogen and oxygen atoms in total. The number of esters is 1. The largest absolute Gasteiger partial charge is 0.496 e. The molecule has 1 aromatic heterocycles. The van der Waals surface area contributed by atoms with E-state index in [9.17, 15) is 9.59 Å². The number of carbonyl (C=O) groups is 1. The molecule has 1 unspecified atom stereocenters. The first-order valence-corrected chi connectivity index (χ1v) is 14.5. The van der Waals surface area contributed by atoms with Gasteiger partial charge in [0.1, 0.15) is 18.4 Å². The van der Waals surface area contributed by atoms with Crippen molar-refractivity contribution in [3.05, 3.63) is 120 Å². The minimum absolute atomic E-state index is 0.200. The van der Waals surface area contributed by atoms with Gasteiger partial charge in [-0.05, 0) is 56.2 Å². The average molecular weight is 585 g/mol. The number of methoxy groups -OCH3 is 1. The standard InChI is InChI=1S/C33H32N2O6S/c1-5-39-27-18-23(16-17-26(27)41-20-22-12-8-7-9-13-22)19-28-31(36)35-30(24-14-10-11-15-25(24)38-4)29(32(37)40-6-2)21(3)34-33(35)42-28/h7-19,30H,5-6,20H2,1-4H3. The molecule has 0 N–H and O–H groups in total. The van der Waals surface area contributed by atoms with Crippen LogP contribution < -0.4 is 29.1 Å². The molecular formula is C33H32N2O6S. The van der Waals surface area contributed by atoms with E-state index in [1.165, 1.54) is 11.3 Å². The Bertz CT molecular complexity index is 1810. The molecule has 2 heterocycles. The number of ether oxygens (including phenoxy) is 4. The zero-order chi connectivity index (χ0) is 29.6. The smallest absolute Gasteiger partial charge is 0.338 e. The Hall–Kier alpha value is -4.63. The molecular weight excluding hydrogens is 552 g/mol. The first-order valence-electron chi connectivity index (χ1n) is 13.7. The maximum absolute atomic E-state index is 14.0. The van der Waals surface area contributed by atoms with Crippen molar-refractivity contribution in [2.24, 2.45) is 4.99 Å². The van der Waals surface area contributed by atoms with Crippen LogP contribution in [0.2, 0.25) is 0 Å². The predicted octanol–water partition coefficient (Wildman–Crippen LogP) is 4.78. The van der Waals surface area contributed by atoms with Crippen molar-refractivity contribution < 1.29 is 23.7 Å². The lowest BCUT2D eigenvalue weighted by Gasteiger charge is -2.25. The summed E-state index contributed by atoms with van der Waals surface area (Å²) in [4.78, 5) is 32.3. The zero-order valence-electron chi connectivity index (χ0n) is 24.0. The molecule has 0 fully saturated rings. The van der Waals surface area contributed by atoms with Crippen LogP contribution in [-0.2, 0) is 16.1 Å². The van der Waals surface area contributed by atoms with Crippen LogP contribution in [0.5, 0.6) is 17.2 Å². The highest BCUT2D eigenvalue weighted by molar-refractivity contribution is 7.07. The maximum Gasteiger partial charge on any atom is 0.338 e. The van der Waals surface area contributed by atoms with Crippen LogP contribution in [0.1, 0.15) is 43.5 Å². The van der Waals surface area contributed by atoms with Crippen molar-refractivity contribution in [3.8, 4) is 17.2 Å². The van der Waals surface area contributed by atoms with Crippen LogP contribution in [-0.4, -0.2) is 30.9 Å². The van der Waals surface area contributed by atoms with E-state index in [4.69, 9.17) is 18.9 Å². The topological polar surface area (TPSA) is 88.4 Å². The summed E-state index contributed by atoms with van der Waals surface area (Å²) in [5, 5.41) is 0. The summed E-state index contributed by atoms with van der Waals surface area (Å²) >= 11 is 1.26. The molecule has 0 spiro atoms. The molecule has 0 aliphatic carbocycles. The van der Waals surface area contributed by atoms with Gasteiger partial charge < -0.3 is 18.9 Å². The van der Waals surface area contributed by atoms with Crippen LogP contribution >= 0.6 is 11.3 Å². The summed E-state index contributed by atoms with van der Waals surface area (Å²) in [6.45, 7) is 6.48. The van der Waals surface area contributed by atoms with Crippen molar-refractivity contribution in [2.45, 2.75) is 33.4 Å². The summed E-state index contributed by atoms with van der Waals surface area (Å²) in [6.07, 6.45) is 1.80. The van der Waals surface area contributed by atoms with Gasteiger partial charge in [-0.2, -0.15) is 0 Å². The molecule has 216 valence electrons. The monoisotopic (exact) mass is 584 g/mol. The predicted molar refractivity (Wildman–Crippen MR) is 162 cm³/mol. The van der Waals surface area contributed by atoms with Gasteiger partial charge >= 0.3 is 5.97 Å². The molecule has 1 aliphatic heterocycles. The normalized spacial score (nSPS) is 14.7. The Morgan fingerprint density at radius 1 is 0.952 bits per heavy atom. The Kier molecular flexibility index (Phi) is 8.88. The van der Waals surface area contributed by atoms with Crippen molar-refractivity contribution in [1.29, 1.82) is 0 Å². The molecule has 1 aliphatic rings. The molecule has 42 heavy (non-hydrogen) atoms. The van der Waals surface area contributed by atoms with Gasteiger partial charge in [0.25, 0.3) is 5.56 Å². The van der Waals surface area contributed by atoms with E-state index < -0.39 is 12.0 Å². The zero-order valence-corrected chi connectivity index (χ0v) is 24.8. The Balaban J connectivity index is 1.59. The van der Waals surface area contributed by atoms with E-state index in [1.807, 2.05) is 73.7 Å². The summed E-state index contributed by atoms with van der Waals surface area (Å²) in [6, 6.07) is 22.1. The molecule has 9 heteroatoms. The fraction of sp³-hybridized carbons (Fsp3) is 0.242. The Labute approximate surface area is 247 Å². The highest BCUT2D eigenvalue weighted by Gasteiger charge is 2.34. The van der Waals surface area contributed by atoms with Crippen LogP contribution in [0.3, 0.4) is 0 Å². The van der Waals surface area contributed by atoms with E-state index >= 15 is 0 Å². The SMILES string of the molecule is CCOC(=O)C1=C(C)N=c2sc(=Cc3ccc(OCc4ccccc4)c(OCC)c3)c(=O)n2C1c1ccccc1OC. The molecule has 0 radical (unpaired) electrons. The molecule has 0 saturated carbocycles. The van der Waals surface area contributed by atoms with Gasteiger partial charge in [0, 0.05) is 5.56 Å². The third-order valence-corrected chi connectivity index (χ3v) is 7.74. The minimum atomic E-state index is -0.758. The van der Waals surface area contributed by atoms with Gasteiger partial charge in [-0.3, -0.25) is 9.36 Å². The van der Waals surface area contributed by atoms with Gasteiger partial charge in [-0.15, -0.1) is 0 Å². The highest BCUT2D eigenvalue weighted by Crippen LogP contribution is 2.35. The van der Waals surface area contributed by atoms with Crippen LogP contribution in [0, 0.1) is 0 Å². The molecule has 0 bridgehead atoms. The summed E-state index contributed by atoms with van der Waals surface area (Å²) < 4.78 is 24.9. The lowest BCUT2D eigenvalue weighted by molar-refractivity contribution is -0.139. The quantitative estimate of drug-likeness (QED) is 0.249. The summed E-state index contributed by atoms with van der Waals surface area (Å²) in [5.74, 6) is 1.24. The molecule has 1 atom stereocenters. The van der Waals surface area contributed by atoms with Crippen molar-refractivity contribution in [1.82, 2.24) is 4.57 Å². The molecule has 5 rings (SSSR count). The van der Waals surface area contributed by atoms with Crippen LogP contribution in [0.15, 0.2) is 93.9 Å². The summed E-state index contributed by atoms with van der Waals surface area (Å²) in [7, 11) is 1.56. The first-order chi connectivity index (χ1) is 20.4. The van der Waals surface area contributed by atoms with Gasteiger partial charge in [0.2, 0.25) is 0 Å². The average Bonchev–Trinajstić information content (AvgIpc) is 3.30. The maximum atomic E-state index is 14.0. The van der Waals surface area contributed by atoms with Gasteiger partial charge in [-0.1, -0.05) is 65.9 Å². The second-order valence-electron chi connectivity index (χ2n) is 9.46. The van der Waals surface area contributed by atoms with Crippen molar-refractivity contribution in [3.63, 3.8) is 0 Å². The number of aromatic nitrogens is 1. The van der Waals surface area contributed by atoms with E-state index in [1.54, 1.807) is 37.7 Å². The number of allylic oxidation sites excluding steroid dienone is 1. The third kappa shape index (κ3) is 5.87. The number of hydrogen-bond donors (Lipinski definition) is 0. The van der Waals surface area contributed by atoms with Gasteiger partial charge in [0.15, 0.2) is 16.3 Å². The highest BCUT2D eigenvalue weighted by atomic mass is 32.1. The summed E-state index contributed by atoms with van der Waals surface area (Å²) in [5.41, 5.74) is 3.02. The minimum Gasteiger partial charge on any atom is -0.496 e. The molecule has 3 aromatic carbocycles. The van der Waals surface area contributed by atoms with Crippen LogP contribution in [0.25, 0.3) is 6.08 Å². The van der Waals surface area contributed by atoms with E-state index in [0.29, 0.717) is 56.6 Å². The number of carbonyl (C=O) groups excluding carboxylic acids is 1. The fourth-order valence-electron chi connectivity index (χ4n) is 4.87.